The van der Waals surface area contributed by atoms with E-state index in [0.29, 0.717) is 0 Å². The Hall–Kier alpha value is -1.87. The summed E-state index contributed by atoms with van der Waals surface area (Å²) in [5, 5.41) is 4.20. The van der Waals surface area contributed by atoms with E-state index >= 15 is 0 Å². The number of nitrogens with zero attached hydrogens (tertiary/aromatic N) is 4. The van der Waals surface area contributed by atoms with Gasteiger partial charge in [0.1, 0.15) is 4.90 Å². The number of hydrogen-bond acceptors (Lipinski definition) is 4. The van der Waals surface area contributed by atoms with Gasteiger partial charge in [-0.15, -0.1) is 0 Å². The zero-order valence-electron chi connectivity index (χ0n) is 14.5. The average Bonchev–Trinajstić information content (AvgIpc) is 3.05. The maximum Gasteiger partial charge on any atom is 0.246 e. The van der Waals surface area contributed by atoms with Crippen molar-refractivity contribution in [1.82, 2.24) is 19.0 Å². The van der Waals surface area contributed by atoms with Gasteiger partial charge in [-0.2, -0.15) is 9.40 Å². The predicted molar refractivity (Wildman–Crippen MR) is 104 cm³/mol. The lowest BCUT2D eigenvalue weighted by Crippen LogP contribution is -2.50. The SMILES string of the molecule is Cn1cc(/C=C/C(=O)N2CCN(S(=O)(=O)c3c(Cl)cccc3Cl)CC2)cn1. The van der Waals surface area contributed by atoms with Crippen LogP contribution in [0.2, 0.25) is 10.0 Å². The zero-order valence-corrected chi connectivity index (χ0v) is 16.9. The van der Waals surface area contributed by atoms with Crippen LogP contribution in [0.5, 0.6) is 0 Å². The molecule has 10 heteroatoms. The molecule has 0 aliphatic carbocycles. The predicted octanol–water partition coefficient (Wildman–Crippen LogP) is 2.27. The van der Waals surface area contributed by atoms with Gasteiger partial charge < -0.3 is 4.90 Å². The van der Waals surface area contributed by atoms with E-state index in [1.807, 2.05) is 0 Å². The van der Waals surface area contributed by atoms with E-state index in [1.165, 1.54) is 22.5 Å². The summed E-state index contributed by atoms with van der Waals surface area (Å²) in [7, 11) is -2.03. The minimum atomic E-state index is -3.82. The molecule has 0 unspecified atom stereocenters. The lowest BCUT2D eigenvalue weighted by atomic mass is 10.3. The van der Waals surface area contributed by atoms with E-state index in [-0.39, 0.29) is 47.0 Å². The largest absolute Gasteiger partial charge is 0.337 e. The van der Waals surface area contributed by atoms with Crippen molar-refractivity contribution in [3.8, 4) is 0 Å². The van der Waals surface area contributed by atoms with Gasteiger partial charge in [0.05, 0.1) is 16.2 Å². The summed E-state index contributed by atoms with van der Waals surface area (Å²) in [5.41, 5.74) is 0.820. The molecule has 2 aromatic rings. The molecule has 1 aromatic carbocycles. The summed E-state index contributed by atoms with van der Waals surface area (Å²) in [5.74, 6) is -0.174. The number of benzene rings is 1. The van der Waals surface area contributed by atoms with Crippen LogP contribution in [-0.2, 0) is 21.9 Å². The number of halogens is 2. The fourth-order valence-electron chi connectivity index (χ4n) is 2.81. The van der Waals surface area contributed by atoms with Crippen molar-refractivity contribution in [2.75, 3.05) is 26.2 Å². The van der Waals surface area contributed by atoms with E-state index in [2.05, 4.69) is 5.10 Å². The molecule has 1 amide bonds. The molecule has 144 valence electrons. The molecule has 2 heterocycles. The molecule has 1 fully saturated rings. The molecule has 1 aliphatic rings. The summed E-state index contributed by atoms with van der Waals surface area (Å²) in [4.78, 5) is 13.8. The van der Waals surface area contributed by atoms with Gasteiger partial charge in [0.15, 0.2) is 0 Å². The fraction of sp³-hybridized carbons (Fsp3) is 0.294. The Kier molecular flexibility index (Phi) is 5.90. The Balaban J connectivity index is 1.66. The molecule has 3 rings (SSSR count). The van der Waals surface area contributed by atoms with Gasteiger partial charge >= 0.3 is 0 Å². The number of aromatic nitrogens is 2. The van der Waals surface area contributed by atoms with Crippen molar-refractivity contribution < 1.29 is 13.2 Å². The number of hydrogen-bond donors (Lipinski definition) is 0. The number of piperazine rings is 1. The molecule has 0 atom stereocenters. The average molecular weight is 429 g/mol. The Morgan fingerprint density at radius 3 is 2.33 bits per heavy atom. The van der Waals surface area contributed by atoms with E-state index < -0.39 is 10.0 Å². The minimum Gasteiger partial charge on any atom is -0.337 e. The third-order valence-electron chi connectivity index (χ3n) is 4.21. The molecule has 1 saturated heterocycles. The van der Waals surface area contributed by atoms with Gasteiger partial charge in [-0.3, -0.25) is 9.48 Å². The molecule has 0 N–H and O–H groups in total. The number of sulfonamides is 1. The summed E-state index contributed by atoms with van der Waals surface area (Å²) in [6, 6.07) is 4.57. The lowest BCUT2D eigenvalue weighted by Gasteiger charge is -2.33. The lowest BCUT2D eigenvalue weighted by molar-refractivity contribution is -0.127. The first-order chi connectivity index (χ1) is 12.8. The second kappa shape index (κ2) is 8.02. The molecule has 1 aliphatic heterocycles. The molecule has 7 nitrogen and oxygen atoms in total. The topological polar surface area (TPSA) is 75.5 Å². The Labute approximate surface area is 167 Å². The smallest absolute Gasteiger partial charge is 0.246 e. The second-order valence-electron chi connectivity index (χ2n) is 6.06. The molecule has 0 saturated carbocycles. The van der Waals surface area contributed by atoms with Crippen LogP contribution in [-0.4, -0.2) is 59.5 Å². The number of carbonyl (C=O) groups excluding carboxylic acids is 1. The van der Waals surface area contributed by atoms with Crippen LogP contribution < -0.4 is 0 Å². The third kappa shape index (κ3) is 4.35. The number of carbonyl (C=O) groups is 1. The molecular formula is C17H18Cl2N4O3S. The summed E-state index contributed by atoms with van der Waals surface area (Å²) in [6.45, 7) is 0.932. The zero-order chi connectivity index (χ0) is 19.6. The molecule has 0 spiro atoms. The van der Waals surface area contributed by atoms with Crippen LogP contribution in [0.3, 0.4) is 0 Å². The van der Waals surface area contributed by atoms with E-state index in [9.17, 15) is 13.2 Å². The van der Waals surface area contributed by atoms with Crippen LogP contribution in [0, 0.1) is 0 Å². The van der Waals surface area contributed by atoms with Crippen molar-refractivity contribution in [1.29, 1.82) is 0 Å². The van der Waals surface area contributed by atoms with Gasteiger partial charge in [-0.05, 0) is 18.2 Å². The highest BCUT2D eigenvalue weighted by Crippen LogP contribution is 2.31. The highest BCUT2D eigenvalue weighted by atomic mass is 35.5. The van der Waals surface area contributed by atoms with E-state index in [1.54, 1.807) is 41.2 Å². The van der Waals surface area contributed by atoms with E-state index in [0.717, 1.165) is 5.56 Å². The van der Waals surface area contributed by atoms with Gasteiger partial charge in [0.2, 0.25) is 15.9 Å². The molecule has 27 heavy (non-hydrogen) atoms. The van der Waals surface area contributed by atoms with Crippen molar-refractivity contribution >= 4 is 45.2 Å². The molecule has 1 aromatic heterocycles. The van der Waals surface area contributed by atoms with Crippen molar-refractivity contribution in [2.45, 2.75) is 4.90 Å². The summed E-state index contributed by atoms with van der Waals surface area (Å²) in [6.07, 6.45) is 6.59. The summed E-state index contributed by atoms with van der Waals surface area (Å²) < 4.78 is 28.6. The molecular weight excluding hydrogens is 411 g/mol. The third-order valence-corrected chi connectivity index (χ3v) is 7.07. The normalized spacial score (nSPS) is 16.2. The van der Waals surface area contributed by atoms with Gasteiger partial charge in [-0.25, -0.2) is 8.42 Å². The summed E-state index contributed by atoms with van der Waals surface area (Å²) >= 11 is 12.1. The van der Waals surface area contributed by atoms with Crippen molar-refractivity contribution in [2.24, 2.45) is 7.05 Å². The standard InChI is InChI=1S/C17H18Cl2N4O3S/c1-21-12-13(11-20-21)5-6-16(24)22-7-9-23(10-8-22)27(25,26)17-14(18)3-2-4-15(17)19/h2-6,11-12H,7-10H2,1H3/b6-5+. The highest BCUT2D eigenvalue weighted by molar-refractivity contribution is 7.89. The first kappa shape index (κ1) is 19.9. The first-order valence-corrected chi connectivity index (χ1v) is 10.4. The second-order valence-corrected chi connectivity index (χ2v) is 8.75. The monoisotopic (exact) mass is 428 g/mol. The van der Waals surface area contributed by atoms with Crippen LogP contribution in [0.1, 0.15) is 5.56 Å². The van der Waals surface area contributed by atoms with E-state index in [4.69, 9.17) is 23.2 Å². The fourth-order valence-corrected chi connectivity index (χ4v) is 5.32. The van der Waals surface area contributed by atoms with Gasteiger partial charge in [0.25, 0.3) is 0 Å². The van der Waals surface area contributed by atoms with Crippen molar-refractivity contribution in [3.63, 3.8) is 0 Å². The molecule has 0 bridgehead atoms. The maximum atomic E-state index is 12.8. The highest BCUT2D eigenvalue weighted by Gasteiger charge is 2.32. The van der Waals surface area contributed by atoms with Crippen molar-refractivity contribution in [3.05, 3.63) is 52.3 Å². The van der Waals surface area contributed by atoms with Gasteiger partial charge in [0, 0.05) is 51.1 Å². The number of amides is 1. The Morgan fingerprint density at radius 1 is 1.15 bits per heavy atom. The van der Waals surface area contributed by atoms with Crippen LogP contribution >= 0.6 is 23.2 Å². The quantitative estimate of drug-likeness (QED) is 0.699. The first-order valence-electron chi connectivity index (χ1n) is 8.19. The Morgan fingerprint density at radius 2 is 1.78 bits per heavy atom. The Bertz CT molecular complexity index is 960. The van der Waals surface area contributed by atoms with Crippen LogP contribution in [0.15, 0.2) is 41.6 Å². The minimum absolute atomic E-state index is 0.0837. The maximum absolute atomic E-state index is 12.8. The van der Waals surface area contributed by atoms with Crippen LogP contribution in [0.4, 0.5) is 0 Å². The van der Waals surface area contributed by atoms with Gasteiger partial charge in [-0.1, -0.05) is 29.3 Å². The van der Waals surface area contributed by atoms with Crippen LogP contribution in [0.25, 0.3) is 6.08 Å². The number of rotatable bonds is 4. The number of aryl methyl sites for hydroxylation is 1. The molecule has 0 radical (unpaired) electrons.